The summed E-state index contributed by atoms with van der Waals surface area (Å²) in [5.41, 5.74) is 7.45. The minimum Gasteiger partial charge on any atom is -0.436 e. The van der Waals surface area contributed by atoms with E-state index in [0.717, 1.165) is 0 Å². The van der Waals surface area contributed by atoms with E-state index in [1.165, 1.54) is 44.2 Å². The maximum atomic E-state index is 13.1. The Bertz CT molecular complexity index is 933. The fourth-order valence-electron chi connectivity index (χ4n) is 1.60. The number of allylic oxidation sites excluding steroid dienone is 1. The van der Waals surface area contributed by atoms with Crippen LogP contribution in [0, 0.1) is 55.9 Å². The summed E-state index contributed by atoms with van der Waals surface area (Å²) in [6, 6.07) is 12.6. The second kappa shape index (κ2) is 22.8. The van der Waals surface area contributed by atoms with Crippen LogP contribution in [0.3, 0.4) is 0 Å². The molecule has 0 aliphatic carbocycles. The van der Waals surface area contributed by atoms with Gasteiger partial charge in [0.05, 0.1) is 0 Å². The third kappa shape index (κ3) is 19.5. The maximum absolute atomic E-state index is 13.1. The molecule has 0 saturated heterocycles. The number of carbonyl (C=O) groups excluding carboxylic acids is 2. The van der Waals surface area contributed by atoms with E-state index < -0.39 is 0 Å². The summed E-state index contributed by atoms with van der Waals surface area (Å²) in [6.45, 7) is 9.07. The van der Waals surface area contributed by atoms with E-state index in [2.05, 4.69) is 19.1 Å². The van der Waals surface area contributed by atoms with Crippen LogP contribution in [0.15, 0.2) is 30.3 Å². The fourth-order valence-corrected chi connectivity index (χ4v) is 1.60. The first-order chi connectivity index (χ1) is 13.0. The molecule has 0 unspecified atom stereocenters. The number of aryl methyl sites for hydroxylation is 2. The number of rotatable bonds is 2. The van der Waals surface area contributed by atoms with Crippen molar-refractivity contribution in [1.82, 2.24) is 0 Å². The monoisotopic (exact) mass is 809 g/mol. The van der Waals surface area contributed by atoms with Crippen LogP contribution in [0.1, 0.15) is 36.1 Å². The van der Waals surface area contributed by atoms with Crippen LogP contribution < -0.4 is 5.73 Å². The third-order valence-electron chi connectivity index (χ3n) is 2.97. The van der Waals surface area contributed by atoms with Gasteiger partial charge in [-0.15, -0.1) is 35.9 Å². The van der Waals surface area contributed by atoms with Crippen molar-refractivity contribution in [2.75, 3.05) is 0 Å². The Kier molecular flexibility index (Phi) is 30.1. The molecule has 0 saturated carbocycles. The van der Waals surface area contributed by atoms with E-state index in [4.69, 9.17) is 11.0 Å². The van der Waals surface area contributed by atoms with Crippen molar-refractivity contribution in [3.63, 3.8) is 0 Å². The average molecular weight is 810 g/mol. The molecule has 162 valence electrons. The molecule has 0 bridgehead atoms. The Morgan fingerprint density at radius 3 is 1.81 bits per heavy atom. The van der Waals surface area contributed by atoms with Crippen molar-refractivity contribution in [2.24, 2.45) is 5.73 Å². The van der Waals surface area contributed by atoms with Gasteiger partial charge in [0, 0.05) is 118 Å². The number of carbonyl (C=O) groups is 2. The predicted octanol–water partition coefficient (Wildman–Crippen LogP) is 4.03. The molecule has 10 heteroatoms. The number of benzene rings is 2. The van der Waals surface area contributed by atoms with E-state index in [0.29, 0.717) is 16.7 Å². The predicted molar refractivity (Wildman–Crippen MR) is 104 cm³/mol. The number of nitrogens with zero attached hydrogens (tertiary/aromatic N) is 1. The molecule has 0 heterocycles. The smallest absolute Gasteiger partial charge is 0.145 e. The first-order valence-electron chi connectivity index (χ1n) is 8.04. The molecule has 0 aliphatic heterocycles. The molecule has 2 aromatic carbocycles. The molecule has 0 spiro atoms. The second-order valence-corrected chi connectivity index (χ2v) is 5.78. The Labute approximate surface area is 266 Å². The van der Waals surface area contributed by atoms with E-state index in [1.807, 2.05) is 0 Å². The summed E-state index contributed by atoms with van der Waals surface area (Å²) in [6.07, 6.45) is 1.25. The summed E-state index contributed by atoms with van der Waals surface area (Å²) < 4.78 is 25.7. The zero-order valence-corrected chi connectivity index (χ0v) is 30.0. The van der Waals surface area contributed by atoms with Crippen molar-refractivity contribution in [2.45, 2.75) is 27.7 Å². The van der Waals surface area contributed by atoms with Gasteiger partial charge < -0.3 is 17.5 Å². The number of ketones is 2. The molecule has 2 radical (unpaired) electrons. The quantitative estimate of drug-likeness (QED) is 0.283. The number of nitrogens with two attached hydrogens (primary N) is 1. The molecule has 0 fully saturated rings. The van der Waals surface area contributed by atoms with Gasteiger partial charge in [0.1, 0.15) is 5.78 Å². The number of Topliss-reactive ketones (excluding diaryl/α,β-unsaturated/α-hetero) is 1. The van der Waals surface area contributed by atoms with E-state index in [9.17, 15) is 18.4 Å². The third-order valence-corrected chi connectivity index (χ3v) is 2.97. The Morgan fingerprint density at radius 2 is 1.47 bits per heavy atom. The van der Waals surface area contributed by atoms with Gasteiger partial charge in [-0.3, -0.25) is 10.1 Å². The van der Waals surface area contributed by atoms with E-state index >= 15 is 0 Å². The van der Waals surface area contributed by atoms with Gasteiger partial charge in [0.25, 0.3) is 0 Å². The summed E-state index contributed by atoms with van der Waals surface area (Å²) in [7, 11) is 0. The molecule has 2 rings (SSSR count). The Morgan fingerprint density at radius 1 is 1.06 bits per heavy atom. The first kappa shape index (κ1) is 42.2. The van der Waals surface area contributed by atoms with Gasteiger partial charge in [-0.2, -0.15) is 0 Å². The summed E-state index contributed by atoms with van der Waals surface area (Å²) in [5, 5.41) is 8.31. The van der Waals surface area contributed by atoms with E-state index in [1.54, 1.807) is 19.9 Å². The topological polar surface area (TPSA) is 83.9 Å². The first-order valence-corrected chi connectivity index (χ1v) is 8.04. The van der Waals surface area contributed by atoms with Crippen molar-refractivity contribution >= 4 is 17.3 Å². The molecule has 2 aromatic rings. The van der Waals surface area contributed by atoms with Crippen molar-refractivity contribution in [3.05, 3.63) is 83.3 Å². The van der Waals surface area contributed by atoms with Crippen LogP contribution >= 0.6 is 0 Å². The second-order valence-electron chi connectivity index (χ2n) is 5.78. The van der Waals surface area contributed by atoms with Gasteiger partial charge in [-0.1, -0.05) is 36.6 Å². The SMILES string of the molecule is CC(=O)/C=C(\N)c1[c-]cc(C)c(F)c1.Cc1c[c-]c(C#N)cc1F.[CH2-]C(C)=O.[W].[Y].[Y].[Zn]. The molecule has 32 heavy (non-hydrogen) atoms. The van der Waals surface area contributed by atoms with Crippen molar-refractivity contribution < 1.29 is 124 Å². The molecule has 0 atom stereocenters. The Hall–Kier alpha value is 0.0595. The fraction of sp³-hybridized carbons (Fsp3) is 0.182. The van der Waals surface area contributed by atoms with Crippen LogP contribution in [-0.4, -0.2) is 11.6 Å². The molecule has 2 N–H and O–H groups in total. The van der Waals surface area contributed by atoms with Crippen LogP contribution in [0.4, 0.5) is 8.78 Å². The number of hydrogen-bond acceptors (Lipinski definition) is 4. The minimum atomic E-state index is -0.352. The maximum Gasteiger partial charge on any atom is 0.145 e. The Balaban J connectivity index is -0.000000121. The summed E-state index contributed by atoms with van der Waals surface area (Å²) >= 11 is 0. The van der Waals surface area contributed by atoms with E-state index in [-0.39, 0.29) is 140 Å². The molecule has 4 nitrogen and oxygen atoms in total. The zero-order chi connectivity index (χ0) is 21.9. The standard InChI is InChI=1S/C11H11FNO.C8H5FN.C3H5O.W.2Y.Zn/c1-7-3-4-9(6-10(7)12)11(13)5-8(2)14;1-6-2-3-7(5-10)4-8(6)9;1-3(2)4;;;;/h3,5-6H,13H2,1-2H3;2,4H,1H3;1H2,2H3;;;;/q3*-1;;;;/b11-5-;;;;;;. The summed E-state index contributed by atoms with van der Waals surface area (Å²) in [4.78, 5) is 20.0. The largest absolute Gasteiger partial charge is 0.436 e. The van der Waals surface area contributed by atoms with Crippen LogP contribution in [-0.2, 0) is 116 Å². The zero-order valence-electron chi connectivity index (χ0n) is 18.5. The minimum absolute atomic E-state index is 0. The molecule has 0 aromatic heterocycles. The molecule has 0 amide bonds. The van der Waals surface area contributed by atoms with Gasteiger partial charge in [0.2, 0.25) is 0 Å². The van der Waals surface area contributed by atoms with Crippen LogP contribution in [0.2, 0.25) is 0 Å². The number of hydrogen-bond donors (Lipinski definition) is 1. The van der Waals surface area contributed by atoms with Gasteiger partial charge in [-0.25, -0.2) is 8.78 Å². The number of nitriles is 1. The normalized spacial score (nSPS) is 8.59. The average Bonchev–Trinajstić information content (AvgIpc) is 2.59. The van der Waals surface area contributed by atoms with Crippen LogP contribution in [0.25, 0.3) is 5.70 Å². The molecular formula is C22H21F2N2O2WY2Zn-3. The van der Waals surface area contributed by atoms with Crippen molar-refractivity contribution in [3.8, 4) is 6.07 Å². The number of halogens is 2. The van der Waals surface area contributed by atoms with Gasteiger partial charge in [-0.05, 0) is 37.5 Å². The molecular weight excluding hydrogens is 789 g/mol. The van der Waals surface area contributed by atoms with Gasteiger partial charge in [0.15, 0.2) is 0 Å². The summed E-state index contributed by atoms with van der Waals surface area (Å²) in [5.74, 6) is -0.953. The molecule has 0 aliphatic rings. The van der Waals surface area contributed by atoms with Crippen molar-refractivity contribution in [1.29, 1.82) is 5.26 Å². The van der Waals surface area contributed by atoms with Gasteiger partial charge >= 0.3 is 0 Å². The van der Waals surface area contributed by atoms with Crippen LogP contribution in [0.5, 0.6) is 0 Å².